The van der Waals surface area contributed by atoms with E-state index in [0.29, 0.717) is 5.41 Å². The van der Waals surface area contributed by atoms with Crippen molar-refractivity contribution in [2.75, 3.05) is 32.8 Å². The summed E-state index contributed by atoms with van der Waals surface area (Å²) in [5.41, 5.74) is 7.83. The summed E-state index contributed by atoms with van der Waals surface area (Å²) >= 11 is 1.85. The maximum absolute atomic E-state index is 9.71. The topological polar surface area (TPSA) is 57.6 Å². The molecule has 1 aromatic heterocycles. The first-order valence-corrected chi connectivity index (χ1v) is 14.3. The quantitative estimate of drug-likeness (QED) is 0.426. The van der Waals surface area contributed by atoms with Crippen molar-refractivity contribution < 1.29 is 9.84 Å². The van der Waals surface area contributed by atoms with Crippen LogP contribution >= 0.6 is 11.3 Å². The summed E-state index contributed by atoms with van der Waals surface area (Å²) in [4.78, 5) is 8.96. The molecule has 2 fully saturated rings. The molecule has 6 rings (SSSR count). The van der Waals surface area contributed by atoms with E-state index in [-0.39, 0.29) is 6.10 Å². The van der Waals surface area contributed by atoms with E-state index in [0.717, 1.165) is 75.8 Å². The lowest BCUT2D eigenvalue weighted by atomic mass is 9.66. The molecule has 1 aliphatic carbocycles. The zero-order valence-electron chi connectivity index (χ0n) is 21.5. The molecule has 36 heavy (non-hydrogen) atoms. The van der Waals surface area contributed by atoms with Crippen molar-refractivity contribution in [2.45, 2.75) is 58.6 Å². The van der Waals surface area contributed by atoms with Crippen LogP contribution < -0.4 is 10.1 Å². The summed E-state index contributed by atoms with van der Waals surface area (Å²) in [7, 11) is 0. The van der Waals surface area contributed by atoms with Crippen LogP contribution in [-0.4, -0.2) is 53.9 Å². The molecule has 0 radical (unpaired) electrons. The lowest BCUT2D eigenvalue weighted by molar-refractivity contribution is -0.0252. The van der Waals surface area contributed by atoms with Gasteiger partial charge in [-0.25, -0.2) is 4.98 Å². The van der Waals surface area contributed by atoms with Crippen LogP contribution in [0.5, 0.6) is 5.75 Å². The van der Waals surface area contributed by atoms with Gasteiger partial charge in [0.1, 0.15) is 10.8 Å². The highest BCUT2D eigenvalue weighted by Crippen LogP contribution is 2.48. The molecule has 0 amide bonds. The smallest absolute Gasteiger partial charge is 0.124 e. The maximum atomic E-state index is 9.71. The van der Waals surface area contributed by atoms with E-state index in [1.165, 1.54) is 44.8 Å². The second kappa shape index (κ2) is 9.90. The first kappa shape index (κ1) is 24.1. The van der Waals surface area contributed by atoms with E-state index in [9.17, 15) is 5.11 Å². The second-order valence-corrected chi connectivity index (χ2v) is 12.1. The summed E-state index contributed by atoms with van der Waals surface area (Å²) in [6.45, 7) is 10.4. The predicted molar refractivity (Wildman–Crippen MR) is 147 cm³/mol. The highest BCUT2D eigenvalue weighted by Gasteiger charge is 2.47. The number of rotatable bonds is 7. The Hall–Kier alpha value is -2.25. The van der Waals surface area contributed by atoms with Crippen molar-refractivity contribution in [3.05, 3.63) is 58.1 Å². The van der Waals surface area contributed by atoms with Crippen LogP contribution in [0, 0.1) is 19.3 Å². The number of aliphatic hydroxyl groups excluding tert-OH is 1. The number of aromatic nitrogens is 1. The maximum Gasteiger partial charge on any atom is 0.124 e. The number of hydrogen-bond acceptors (Lipinski definition) is 6. The average Bonchev–Trinajstić information content (AvgIpc) is 3.48. The molecule has 1 saturated carbocycles. The lowest BCUT2D eigenvalue weighted by Gasteiger charge is -2.42. The fraction of sp³-hybridized carbons (Fsp3) is 0.500. The normalized spacial score (nSPS) is 23.6. The van der Waals surface area contributed by atoms with Crippen LogP contribution in [0.1, 0.15) is 47.4 Å². The first-order chi connectivity index (χ1) is 17.5. The van der Waals surface area contributed by atoms with Crippen molar-refractivity contribution in [2.24, 2.45) is 5.41 Å². The Kier molecular flexibility index (Phi) is 6.63. The van der Waals surface area contributed by atoms with Crippen LogP contribution in [0.15, 0.2) is 36.4 Å². The zero-order chi connectivity index (χ0) is 24.7. The van der Waals surface area contributed by atoms with Crippen molar-refractivity contribution in [3.8, 4) is 27.4 Å². The molecule has 0 bridgehead atoms. The molecule has 2 N–H and O–H groups in total. The van der Waals surface area contributed by atoms with Crippen molar-refractivity contribution in [3.63, 3.8) is 0 Å². The van der Waals surface area contributed by atoms with Crippen LogP contribution in [0.4, 0.5) is 0 Å². The largest absolute Gasteiger partial charge is 0.493 e. The molecule has 0 unspecified atom stereocenters. The molecule has 3 heterocycles. The van der Waals surface area contributed by atoms with E-state index >= 15 is 0 Å². The van der Waals surface area contributed by atoms with Gasteiger partial charge in [0.15, 0.2) is 0 Å². The number of nitrogens with zero attached hydrogens (tertiary/aromatic N) is 2. The molecule has 2 aromatic carbocycles. The van der Waals surface area contributed by atoms with Crippen molar-refractivity contribution in [1.29, 1.82) is 0 Å². The minimum Gasteiger partial charge on any atom is -0.493 e. The molecule has 6 heteroatoms. The first-order valence-electron chi connectivity index (χ1n) is 13.4. The molecular weight excluding hydrogens is 466 g/mol. The zero-order valence-corrected chi connectivity index (χ0v) is 22.3. The predicted octanol–water partition coefficient (Wildman–Crippen LogP) is 5.36. The fourth-order valence-corrected chi connectivity index (χ4v) is 7.58. The van der Waals surface area contributed by atoms with Gasteiger partial charge in [0.2, 0.25) is 0 Å². The molecule has 2 aliphatic heterocycles. The summed E-state index contributed by atoms with van der Waals surface area (Å²) in [5.74, 6) is 0.980. The van der Waals surface area contributed by atoms with Gasteiger partial charge >= 0.3 is 0 Å². The molecular formula is C30H37N3O2S. The monoisotopic (exact) mass is 503 g/mol. The summed E-state index contributed by atoms with van der Waals surface area (Å²) in [5, 5.41) is 14.3. The van der Waals surface area contributed by atoms with Crippen LogP contribution in [-0.2, 0) is 13.0 Å². The molecule has 0 atom stereocenters. The van der Waals surface area contributed by atoms with Gasteiger partial charge in [0, 0.05) is 36.6 Å². The Morgan fingerprint density at radius 3 is 2.69 bits per heavy atom. The Balaban J connectivity index is 1.13. The van der Waals surface area contributed by atoms with Gasteiger partial charge < -0.3 is 20.1 Å². The third-order valence-electron chi connectivity index (χ3n) is 8.47. The molecule has 190 valence electrons. The molecule has 3 aliphatic rings. The Morgan fingerprint density at radius 1 is 1.11 bits per heavy atom. The number of fused-ring (bicyclic) bond motifs is 1. The number of ether oxygens (including phenoxy) is 1. The summed E-state index contributed by atoms with van der Waals surface area (Å²) in [6.07, 6.45) is 5.28. The third-order valence-corrected chi connectivity index (χ3v) is 9.66. The highest BCUT2D eigenvalue weighted by atomic mass is 32.1. The summed E-state index contributed by atoms with van der Waals surface area (Å²) in [6, 6.07) is 13.0. The van der Waals surface area contributed by atoms with Crippen molar-refractivity contribution >= 4 is 11.3 Å². The van der Waals surface area contributed by atoms with Gasteiger partial charge in [-0.05, 0) is 86.2 Å². The number of nitrogens with one attached hydrogen (secondary N) is 1. The van der Waals surface area contributed by atoms with Gasteiger partial charge in [0.05, 0.1) is 18.4 Å². The van der Waals surface area contributed by atoms with Crippen LogP contribution in [0.2, 0.25) is 0 Å². The summed E-state index contributed by atoms with van der Waals surface area (Å²) < 4.78 is 6.29. The standard InChI is InChI=1S/C30H37N3O2S/c1-20-23(6-3-8-25(20)29-32-26-18-31-12-10-28(26)36-29)24-7-4-9-27(21(24)2)35-15-5-13-33-14-11-30(19-33)16-22(34)17-30/h3-4,6-9,22,31,34H,5,10-19H2,1-2H3. The Morgan fingerprint density at radius 2 is 1.89 bits per heavy atom. The van der Waals surface area contributed by atoms with E-state index in [4.69, 9.17) is 9.72 Å². The number of likely N-dealkylation sites (tertiary alicyclic amines) is 1. The number of benzene rings is 2. The minimum atomic E-state index is -0.0583. The van der Waals surface area contributed by atoms with Crippen molar-refractivity contribution in [1.82, 2.24) is 15.2 Å². The van der Waals surface area contributed by atoms with Gasteiger partial charge in [-0.1, -0.05) is 30.3 Å². The number of thiazole rings is 1. The molecule has 5 nitrogen and oxygen atoms in total. The van der Waals surface area contributed by atoms with Crippen LogP contribution in [0.25, 0.3) is 21.7 Å². The van der Waals surface area contributed by atoms with E-state index in [1.807, 2.05) is 11.3 Å². The molecule has 1 saturated heterocycles. The van der Waals surface area contributed by atoms with Crippen LogP contribution in [0.3, 0.4) is 0 Å². The number of hydrogen-bond donors (Lipinski definition) is 2. The minimum absolute atomic E-state index is 0.0583. The Bertz CT molecular complexity index is 1220. The number of aliphatic hydroxyl groups is 1. The molecule has 3 aromatic rings. The SMILES string of the molecule is Cc1c(OCCCN2CCC3(CC(O)C3)C2)cccc1-c1cccc(-c2nc3c(s2)CCNC3)c1C. The van der Waals surface area contributed by atoms with E-state index in [2.05, 4.69) is 60.5 Å². The second-order valence-electron chi connectivity index (χ2n) is 11.0. The highest BCUT2D eigenvalue weighted by molar-refractivity contribution is 7.15. The lowest BCUT2D eigenvalue weighted by Crippen LogP contribution is -2.43. The average molecular weight is 504 g/mol. The fourth-order valence-electron chi connectivity index (χ4n) is 6.42. The van der Waals surface area contributed by atoms with Gasteiger partial charge in [-0.15, -0.1) is 11.3 Å². The van der Waals surface area contributed by atoms with Gasteiger partial charge in [-0.3, -0.25) is 0 Å². The van der Waals surface area contributed by atoms with Gasteiger partial charge in [0.25, 0.3) is 0 Å². The Labute approximate surface area is 218 Å². The van der Waals surface area contributed by atoms with E-state index < -0.39 is 0 Å². The molecule has 1 spiro atoms. The van der Waals surface area contributed by atoms with Gasteiger partial charge in [-0.2, -0.15) is 0 Å². The third kappa shape index (κ3) is 4.60. The van der Waals surface area contributed by atoms with E-state index in [1.54, 1.807) is 0 Å².